The second-order valence-corrected chi connectivity index (χ2v) is 7.50. The Morgan fingerprint density at radius 3 is 2.81 bits per heavy atom. The molecule has 1 aromatic carbocycles. The van der Waals surface area contributed by atoms with Gasteiger partial charge in [-0.25, -0.2) is 0 Å². The Balaban J connectivity index is 1.83. The number of hydrogen-bond acceptors (Lipinski definition) is 4. The van der Waals surface area contributed by atoms with E-state index in [0.29, 0.717) is 18.1 Å². The fourth-order valence-electron chi connectivity index (χ4n) is 2.96. The summed E-state index contributed by atoms with van der Waals surface area (Å²) in [4.78, 5) is 12.6. The molecule has 7 nitrogen and oxygen atoms in total. The fraction of sp³-hybridized carbons (Fsp3) is 0.611. The van der Waals surface area contributed by atoms with Crippen molar-refractivity contribution in [3.8, 4) is 11.5 Å². The molecule has 0 saturated carbocycles. The Morgan fingerprint density at radius 2 is 2.12 bits per heavy atom. The maximum Gasteiger partial charge on any atom is 0.255 e. The number of quaternary nitrogens is 2. The first-order valence-corrected chi connectivity index (χ1v) is 10.3. The summed E-state index contributed by atoms with van der Waals surface area (Å²) in [6, 6.07) is 4.06. The van der Waals surface area contributed by atoms with Crippen LogP contribution in [0.2, 0.25) is 0 Å². The van der Waals surface area contributed by atoms with Crippen LogP contribution in [0.15, 0.2) is 12.1 Å². The van der Waals surface area contributed by atoms with Crippen molar-refractivity contribution in [1.29, 1.82) is 0 Å². The molecule has 2 rings (SSSR count). The summed E-state index contributed by atoms with van der Waals surface area (Å²) in [5, 5.41) is 2.32. The van der Waals surface area contributed by atoms with Crippen molar-refractivity contribution in [2.45, 2.75) is 19.9 Å². The van der Waals surface area contributed by atoms with Crippen LogP contribution in [0.5, 0.6) is 11.5 Å². The van der Waals surface area contributed by atoms with E-state index in [1.54, 1.807) is 4.90 Å². The monoisotopic (exact) mass is 479 g/mol. The number of hydrogen-bond donors (Lipinski definition) is 3. The van der Waals surface area contributed by atoms with Gasteiger partial charge in [0.2, 0.25) is 0 Å². The van der Waals surface area contributed by atoms with Crippen LogP contribution < -0.4 is 25.4 Å². The smallest absolute Gasteiger partial charge is 0.255 e. The van der Waals surface area contributed by atoms with Gasteiger partial charge in [-0.3, -0.25) is 4.79 Å². The summed E-state index contributed by atoms with van der Waals surface area (Å²) in [6.45, 7) is 9.56. The average molecular weight is 479 g/mol. The van der Waals surface area contributed by atoms with Gasteiger partial charge in [-0.2, -0.15) is 0 Å². The number of amides is 1. The van der Waals surface area contributed by atoms with E-state index in [-0.39, 0.29) is 6.61 Å². The third kappa shape index (κ3) is 7.26. The molecule has 0 radical (unpaired) electrons. The molecule has 0 aromatic heterocycles. The average Bonchev–Trinajstić information content (AvgIpc) is 2.61. The van der Waals surface area contributed by atoms with Crippen molar-refractivity contribution in [3.63, 3.8) is 0 Å². The number of carbonyl (C=O) groups is 1. The second kappa shape index (κ2) is 11.6. The zero-order valence-electron chi connectivity index (χ0n) is 15.4. The Hall–Kier alpha value is -1.10. The van der Waals surface area contributed by atoms with Crippen LogP contribution in [0.3, 0.4) is 0 Å². The molecule has 0 spiro atoms. The number of morpholine rings is 1. The lowest BCUT2D eigenvalue weighted by atomic mass is 10.2. The van der Waals surface area contributed by atoms with E-state index in [9.17, 15) is 4.79 Å². The topological polar surface area (TPSA) is 91.8 Å². The van der Waals surface area contributed by atoms with Gasteiger partial charge in [0.15, 0.2) is 18.1 Å². The van der Waals surface area contributed by atoms with E-state index >= 15 is 0 Å². The molecule has 146 valence electrons. The van der Waals surface area contributed by atoms with Gasteiger partial charge in [0.25, 0.3) is 5.91 Å². The minimum atomic E-state index is -0.497. The summed E-state index contributed by atoms with van der Waals surface area (Å²) in [5.41, 5.74) is 6.35. The molecule has 1 aliphatic heterocycles. The van der Waals surface area contributed by atoms with E-state index in [0.717, 1.165) is 43.0 Å². The SMILES string of the molecule is CCOc1cc(C[NH2+]CCC[NH+]2CCOCC2)cc(I)c1OCC(N)=O. The highest BCUT2D eigenvalue weighted by atomic mass is 127. The quantitative estimate of drug-likeness (QED) is 0.278. The molecular weight excluding hydrogens is 449 g/mol. The van der Waals surface area contributed by atoms with Crippen molar-refractivity contribution < 1.29 is 29.2 Å². The number of benzene rings is 1. The molecule has 8 heteroatoms. The van der Waals surface area contributed by atoms with Crippen molar-refractivity contribution in [2.24, 2.45) is 5.73 Å². The normalized spacial score (nSPS) is 15.0. The van der Waals surface area contributed by atoms with Crippen molar-refractivity contribution in [3.05, 3.63) is 21.3 Å². The van der Waals surface area contributed by atoms with Crippen LogP contribution in [0.1, 0.15) is 18.9 Å². The molecule has 0 aliphatic carbocycles. The first kappa shape index (κ1) is 21.2. The highest BCUT2D eigenvalue weighted by Gasteiger charge is 2.15. The number of primary amides is 1. The van der Waals surface area contributed by atoms with E-state index in [1.165, 1.54) is 18.5 Å². The maximum atomic E-state index is 11.0. The van der Waals surface area contributed by atoms with Crippen LogP contribution in [0.4, 0.5) is 0 Å². The van der Waals surface area contributed by atoms with Crippen LogP contribution in [-0.4, -0.2) is 58.5 Å². The highest BCUT2D eigenvalue weighted by Crippen LogP contribution is 2.34. The number of halogens is 1. The molecule has 1 heterocycles. The van der Waals surface area contributed by atoms with Crippen molar-refractivity contribution >= 4 is 28.5 Å². The molecule has 0 unspecified atom stereocenters. The summed E-state index contributed by atoms with van der Waals surface area (Å²) in [5.74, 6) is 0.760. The minimum absolute atomic E-state index is 0.147. The lowest BCUT2D eigenvalue weighted by Gasteiger charge is -2.23. The predicted molar refractivity (Wildman–Crippen MR) is 107 cm³/mol. The maximum absolute atomic E-state index is 11.0. The molecule has 0 bridgehead atoms. The lowest BCUT2D eigenvalue weighted by molar-refractivity contribution is -0.909. The third-order valence-electron chi connectivity index (χ3n) is 4.25. The lowest BCUT2D eigenvalue weighted by Crippen LogP contribution is -3.14. The third-order valence-corrected chi connectivity index (χ3v) is 5.05. The minimum Gasteiger partial charge on any atom is -0.490 e. The zero-order chi connectivity index (χ0) is 18.8. The standard InChI is InChI=1S/C18H28IN3O4/c1-2-25-16-11-14(10-15(19)18(16)26-13-17(20)23)12-21-4-3-5-22-6-8-24-9-7-22/h10-11,21H,2-9,12-13H2,1H3,(H2,20,23)/p+2. The van der Waals surface area contributed by atoms with E-state index in [4.69, 9.17) is 19.9 Å². The Labute approximate surface area is 168 Å². The van der Waals surface area contributed by atoms with Gasteiger partial charge in [-0.1, -0.05) is 0 Å². The molecule has 1 aliphatic rings. The second-order valence-electron chi connectivity index (χ2n) is 6.34. The summed E-state index contributed by atoms with van der Waals surface area (Å²) < 4.78 is 17.5. The van der Waals surface area contributed by atoms with Gasteiger partial charge in [-0.05, 0) is 41.6 Å². The zero-order valence-corrected chi connectivity index (χ0v) is 17.5. The predicted octanol–water partition coefficient (Wildman–Crippen LogP) is -1.08. The highest BCUT2D eigenvalue weighted by molar-refractivity contribution is 14.1. The Morgan fingerprint density at radius 1 is 1.35 bits per heavy atom. The first-order valence-electron chi connectivity index (χ1n) is 9.19. The molecule has 5 N–H and O–H groups in total. The van der Waals surface area contributed by atoms with Crippen LogP contribution in [0.25, 0.3) is 0 Å². The van der Waals surface area contributed by atoms with Gasteiger partial charge >= 0.3 is 0 Å². The Kier molecular flexibility index (Phi) is 9.44. The molecular formula is C18H30IN3O4+2. The molecule has 1 fully saturated rings. The number of ether oxygens (including phenoxy) is 3. The molecule has 0 atom stereocenters. The fourth-order valence-corrected chi connectivity index (χ4v) is 3.78. The van der Waals surface area contributed by atoms with Crippen LogP contribution in [-0.2, 0) is 16.1 Å². The summed E-state index contributed by atoms with van der Waals surface area (Å²) in [7, 11) is 0. The number of nitrogens with one attached hydrogen (secondary N) is 1. The summed E-state index contributed by atoms with van der Waals surface area (Å²) >= 11 is 2.21. The van der Waals surface area contributed by atoms with Crippen LogP contribution in [0, 0.1) is 3.57 Å². The van der Waals surface area contributed by atoms with Gasteiger partial charge in [0.05, 0.1) is 36.5 Å². The van der Waals surface area contributed by atoms with Crippen molar-refractivity contribution in [1.82, 2.24) is 0 Å². The molecule has 1 aromatic rings. The van der Waals surface area contributed by atoms with E-state index < -0.39 is 5.91 Å². The van der Waals surface area contributed by atoms with Crippen LogP contribution >= 0.6 is 22.6 Å². The van der Waals surface area contributed by atoms with Gasteiger partial charge in [0.1, 0.15) is 19.6 Å². The number of rotatable bonds is 11. The van der Waals surface area contributed by atoms with Gasteiger partial charge in [0, 0.05) is 12.0 Å². The van der Waals surface area contributed by atoms with Crippen molar-refractivity contribution in [2.75, 3.05) is 52.6 Å². The number of carbonyl (C=O) groups excluding carboxylic acids is 1. The largest absolute Gasteiger partial charge is 0.490 e. The van der Waals surface area contributed by atoms with E-state index in [1.807, 2.05) is 13.0 Å². The first-order chi connectivity index (χ1) is 12.6. The van der Waals surface area contributed by atoms with Gasteiger partial charge in [-0.15, -0.1) is 0 Å². The number of nitrogens with two attached hydrogens (primary N) is 2. The molecule has 1 amide bonds. The molecule has 1 saturated heterocycles. The van der Waals surface area contributed by atoms with Gasteiger partial charge < -0.3 is 30.2 Å². The Bertz CT molecular complexity index is 580. The molecule has 26 heavy (non-hydrogen) atoms. The van der Waals surface area contributed by atoms with E-state index in [2.05, 4.69) is 34.0 Å². The summed E-state index contributed by atoms with van der Waals surface area (Å²) in [6.07, 6.45) is 1.20.